The number of carbonyl (C=O) groups excluding carboxylic acids is 1. The van der Waals surface area contributed by atoms with Gasteiger partial charge in [-0.3, -0.25) is 9.59 Å². The molecule has 0 aromatic carbocycles. The fraction of sp³-hybridized carbons (Fsp3) is 0.333. The average Bonchev–Trinajstić information content (AvgIpc) is 2.98. The lowest BCUT2D eigenvalue weighted by Gasteiger charge is -2.11. The van der Waals surface area contributed by atoms with Crippen LogP contribution in [0.25, 0.3) is 0 Å². The molecule has 1 unspecified atom stereocenters. The van der Waals surface area contributed by atoms with E-state index in [2.05, 4.69) is 15.6 Å². The predicted molar refractivity (Wildman–Crippen MR) is 77.6 cm³/mol. The van der Waals surface area contributed by atoms with E-state index in [1.165, 1.54) is 17.5 Å². The second kappa shape index (κ2) is 6.68. The summed E-state index contributed by atoms with van der Waals surface area (Å²) in [5, 5.41) is 18.6. The van der Waals surface area contributed by atoms with Crippen LogP contribution >= 0.6 is 22.9 Å². The van der Waals surface area contributed by atoms with Gasteiger partial charge >= 0.3 is 5.97 Å². The van der Waals surface area contributed by atoms with Crippen molar-refractivity contribution < 1.29 is 14.7 Å². The maximum Gasteiger partial charge on any atom is 0.325 e. The fourth-order valence-corrected chi connectivity index (χ4v) is 2.95. The van der Waals surface area contributed by atoms with E-state index in [0.717, 1.165) is 9.56 Å². The quantitative estimate of drug-likeness (QED) is 0.836. The SMILES string of the molecule is CC(Cc1ccc(Cl)s1)NC(=O)c1cn(CC(=O)O)nn1. The summed E-state index contributed by atoms with van der Waals surface area (Å²) in [6, 6.07) is 3.63. The number of hydrogen-bond donors (Lipinski definition) is 2. The Morgan fingerprint density at radius 2 is 2.29 bits per heavy atom. The minimum Gasteiger partial charge on any atom is -0.480 e. The molecule has 0 saturated heterocycles. The molecule has 0 fully saturated rings. The van der Waals surface area contributed by atoms with Gasteiger partial charge in [0, 0.05) is 17.3 Å². The Balaban J connectivity index is 1.91. The fourth-order valence-electron chi connectivity index (χ4n) is 1.73. The molecule has 9 heteroatoms. The van der Waals surface area contributed by atoms with Crippen molar-refractivity contribution in [2.75, 3.05) is 0 Å². The van der Waals surface area contributed by atoms with Crippen LogP contribution < -0.4 is 5.32 Å². The van der Waals surface area contributed by atoms with E-state index in [1.54, 1.807) is 0 Å². The Kier molecular flexibility index (Phi) is 4.92. The summed E-state index contributed by atoms with van der Waals surface area (Å²) >= 11 is 7.32. The van der Waals surface area contributed by atoms with Gasteiger partial charge in [-0.25, -0.2) is 4.68 Å². The summed E-state index contributed by atoms with van der Waals surface area (Å²) in [5.74, 6) is -1.43. The van der Waals surface area contributed by atoms with Crippen LogP contribution in [-0.4, -0.2) is 38.0 Å². The number of aromatic nitrogens is 3. The number of rotatable bonds is 6. The van der Waals surface area contributed by atoms with E-state index in [1.807, 2.05) is 19.1 Å². The number of carboxylic acid groups (broad SMARTS) is 1. The van der Waals surface area contributed by atoms with Gasteiger partial charge in [-0.1, -0.05) is 16.8 Å². The Hall–Kier alpha value is -1.93. The minimum atomic E-state index is -1.05. The summed E-state index contributed by atoms with van der Waals surface area (Å²) in [5.41, 5.74) is 0.0901. The molecule has 0 aliphatic heterocycles. The van der Waals surface area contributed by atoms with Crippen molar-refractivity contribution >= 4 is 34.8 Å². The second-order valence-electron chi connectivity index (χ2n) is 4.48. The molecule has 2 aromatic rings. The Morgan fingerprint density at radius 1 is 1.52 bits per heavy atom. The molecule has 1 amide bonds. The maximum atomic E-state index is 12.0. The molecule has 2 heterocycles. The van der Waals surface area contributed by atoms with Crippen molar-refractivity contribution in [3.63, 3.8) is 0 Å². The normalized spacial score (nSPS) is 12.1. The number of aliphatic carboxylic acids is 1. The van der Waals surface area contributed by atoms with E-state index in [-0.39, 0.29) is 24.2 Å². The van der Waals surface area contributed by atoms with Gasteiger partial charge < -0.3 is 10.4 Å². The highest BCUT2D eigenvalue weighted by molar-refractivity contribution is 7.16. The van der Waals surface area contributed by atoms with Crippen molar-refractivity contribution in [2.24, 2.45) is 0 Å². The van der Waals surface area contributed by atoms with Crippen LogP contribution in [0.1, 0.15) is 22.3 Å². The van der Waals surface area contributed by atoms with Crippen molar-refractivity contribution in [3.8, 4) is 0 Å². The molecule has 0 aliphatic rings. The van der Waals surface area contributed by atoms with Crippen LogP contribution in [0.15, 0.2) is 18.3 Å². The highest BCUT2D eigenvalue weighted by Gasteiger charge is 2.15. The van der Waals surface area contributed by atoms with Gasteiger partial charge in [-0.15, -0.1) is 16.4 Å². The molecule has 112 valence electrons. The Morgan fingerprint density at radius 3 is 2.90 bits per heavy atom. The largest absolute Gasteiger partial charge is 0.480 e. The first-order valence-corrected chi connectivity index (χ1v) is 7.30. The lowest BCUT2D eigenvalue weighted by molar-refractivity contribution is -0.137. The maximum absolute atomic E-state index is 12.0. The third kappa shape index (κ3) is 4.54. The van der Waals surface area contributed by atoms with Gasteiger partial charge in [0.15, 0.2) is 5.69 Å². The first-order chi connectivity index (χ1) is 9.94. The molecule has 7 nitrogen and oxygen atoms in total. The number of thiophene rings is 1. The number of hydrogen-bond acceptors (Lipinski definition) is 5. The lowest BCUT2D eigenvalue weighted by Crippen LogP contribution is -2.34. The molecule has 1 atom stereocenters. The van der Waals surface area contributed by atoms with Crippen molar-refractivity contribution in [2.45, 2.75) is 25.9 Å². The van der Waals surface area contributed by atoms with Crippen LogP contribution in [-0.2, 0) is 17.8 Å². The van der Waals surface area contributed by atoms with Crippen molar-refractivity contribution in [1.29, 1.82) is 0 Å². The molecular weight excluding hydrogens is 316 g/mol. The smallest absolute Gasteiger partial charge is 0.325 e. The zero-order valence-electron chi connectivity index (χ0n) is 11.1. The van der Waals surface area contributed by atoms with Gasteiger partial charge in [0.2, 0.25) is 0 Å². The second-order valence-corrected chi connectivity index (χ2v) is 6.28. The van der Waals surface area contributed by atoms with E-state index in [9.17, 15) is 9.59 Å². The molecule has 0 saturated carbocycles. The van der Waals surface area contributed by atoms with Crippen LogP contribution in [0, 0.1) is 0 Å². The molecule has 0 aliphatic carbocycles. The standard InChI is InChI=1S/C12H13ClN4O3S/c1-7(4-8-2-3-10(13)21-8)14-12(20)9-5-17(16-15-9)6-11(18)19/h2-3,5,7H,4,6H2,1H3,(H,14,20)(H,18,19). The summed E-state index contributed by atoms with van der Waals surface area (Å²) in [4.78, 5) is 23.6. The molecule has 0 spiro atoms. The van der Waals surface area contributed by atoms with Gasteiger partial charge in [0.25, 0.3) is 5.91 Å². The summed E-state index contributed by atoms with van der Waals surface area (Å²) in [7, 11) is 0. The van der Waals surface area contributed by atoms with E-state index >= 15 is 0 Å². The third-order valence-corrected chi connectivity index (χ3v) is 3.84. The molecule has 2 aromatic heterocycles. The van der Waals surface area contributed by atoms with Crippen LogP contribution in [0.5, 0.6) is 0 Å². The molecule has 21 heavy (non-hydrogen) atoms. The summed E-state index contributed by atoms with van der Waals surface area (Å²) < 4.78 is 1.81. The summed E-state index contributed by atoms with van der Waals surface area (Å²) in [6.07, 6.45) is 1.96. The Labute approximate surface area is 129 Å². The zero-order valence-corrected chi connectivity index (χ0v) is 12.7. The van der Waals surface area contributed by atoms with Gasteiger partial charge in [0.05, 0.1) is 10.5 Å². The van der Waals surface area contributed by atoms with E-state index < -0.39 is 5.97 Å². The van der Waals surface area contributed by atoms with Crippen LogP contribution in [0.4, 0.5) is 0 Å². The number of amides is 1. The number of nitrogens with zero attached hydrogens (tertiary/aromatic N) is 3. The summed E-state index contributed by atoms with van der Waals surface area (Å²) in [6.45, 7) is 1.54. The Bertz CT molecular complexity index is 654. The first-order valence-electron chi connectivity index (χ1n) is 6.11. The lowest BCUT2D eigenvalue weighted by atomic mass is 10.2. The number of nitrogens with one attached hydrogen (secondary N) is 1. The average molecular weight is 329 g/mol. The van der Waals surface area contributed by atoms with E-state index in [4.69, 9.17) is 16.7 Å². The van der Waals surface area contributed by atoms with Crippen LogP contribution in [0.2, 0.25) is 4.34 Å². The monoisotopic (exact) mass is 328 g/mol. The van der Waals surface area contributed by atoms with Gasteiger partial charge in [0.1, 0.15) is 6.54 Å². The topological polar surface area (TPSA) is 97.1 Å². The number of carbonyl (C=O) groups is 2. The van der Waals surface area contributed by atoms with Gasteiger partial charge in [-0.2, -0.15) is 0 Å². The highest BCUT2D eigenvalue weighted by atomic mass is 35.5. The molecule has 2 N–H and O–H groups in total. The third-order valence-electron chi connectivity index (χ3n) is 2.58. The number of carboxylic acids is 1. The molecule has 0 radical (unpaired) electrons. The van der Waals surface area contributed by atoms with E-state index in [0.29, 0.717) is 10.8 Å². The van der Waals surface area contributed by atoms with Crippen molar-refractivity contribution in [1.82, 2.24) is 20.3 Å². The molecular formula is C12H13ClN4O3S. The van der Waals surface area contributed by atoms with Crippen LogP contribution in [0.3, 0.4) is 0 Å². The predicted octanol–water partition coefficient (Wildman–Crippen LogP) is 1.44. The zero-order chi connectivity index (χ0) is 15.4. The number of halogens is 1. The molecule has 2 rings (SSSR count). The molecule has 0 bridgehead atoms. The first kappa shape index (κ1) is 15.5. The van der Waals surface area contributed by atoms with Crippen molar-refractivity contribution in [3.05, 3.63) is 33.2 Å². The minimum absolute atomic E-state index is 0.0901. The highest BCUT2D eigenvalue weighted by Crippen LogP contribution is 2.22. The van der Waals surface area contributed by atoms with Gasteiger partial charge in [-0.05, 0) is 19.1 Å².